The van der Waals surface area contributed by atoms with E-state index in [0.717, 1.165) is 25.1 Å². The average Bonchev–Trinajstić information content (AvgIpc) is 2.75. The second-order valence-electron chi connectivity index (χ2n) is 3.67. The van der Waals surface area contributed by atoms with E-state index in [-0.39, 0.29) is 11.4 Å². The van der Waals surface area contributed by atoms with E-state index in [1.807, 2.05) is 6.92 Å². The minimum Gasteiger partial charge on any atom is -0.362 e. The minimum atomic E-state index is -0.649. The molecule has 0 amide bonds. The highest BCUT2D eigenvalue weighted by atomic mass is 19.1. The van der Waals surface area contributed by atoms with Crippen molar-refractivity contribution < 1.29 is 8.78 Å². The molecule has 1 aromatic heterocycles. The number of rotatable bonds is 2. The van der Waals surface area contributed by atoms with Crippen LogP contribution in [0.5, 0.6) is 0 Å². The highest BCUT2D eigenvalue weighted by Crippen LogP contribution is 2.38. The van der Waals surface area contributed by atoms with Gasteiger partial charge in [-0.3, -0.25) is 0 Å². The van der Waals surface area contributed by atoms with Crippen molar-refractivity contribution in [3.05, 3.63) is 23.9 Å². The monoisotopic (exact) mass is 184 g/mol. The van der Waals surface area contributed by atoms with Crippen LogP contribution in [0.25, 0.3) is 0 Å². The lowest BCUT2D eigenvalue weighted by Gasteiger charge is -2.12. The molecule has 1 heterocycles. The zero-order chi connectivity index (χ0) is 9.47. The van der Waals surface area contributed by atoms with Crippen LogP contribution in [0.15, 0.2) is 12.3 Å². The molecule has 2 rings (SSSR count). The number of halogens is 2. The van der Waals surface area contributed by atoms with Crippen molar-refractivity contribution in [2.45, 2.75) is 25.3 Å². The van der Waals surface area contributed by atoms with Gasteiger partial charge < -0.3 is 5.32 Å². The molecule has 0 aliphatic heterocycles. The molecule has 1 N–H and O–H groups in total. The molecule has 1 aliphatic carbocycles. The third-order valence-corrected chi connectivity index (χ3v) is 2.23. The summed E-state index contributed by atoms with van der Waals surface area (Å²) in [6, 6.07) is 0.834. The number of hydrogen-bond acceptors (Lipinski definition) is 2. The Bertz CT molecular complexity index is 334. The lowest BCUT2D eigenvalue weighted by molar-refractivity contribution is 0.573. The van der Waals surface area contributed by atoms with Crippen molar-refractivity contribution in [3.8, 4) is 0 Å². The molecule has 2 nitrogen and oxygen atoms in total. The van der Waals surface area contributed by atoms with Gasteiger partial charge in [0.2, 0.25) is 0 Å². The van der Waals surface area contributed by atoms with Gasteiger partial charge in [0.15, 0.2) is 11.6 Å². The maximum atomic E-state index is 13.0. The highest BCUT2D eigenvalue weighted by molar-refractivity contribution is 5.40. The molecule has 4 heteroatoms. The maximum Gasteiger partial charge on any atom is 0.168 e. The first-order valence-electron chi connectivity index (χ1n) is 4.18. The lowest BCUT2D eigenvalue weighted by Crippen LogP contribution is -2.18. The first-order valence-corrected chi connectivity index (χ1v) is 4.18. The standard InChI is InChI=1S/C9H10F2N2/c1-9(2-3-9)13-8-7(11)4-6(10)5-12-8/h4-5H,2-3H2,1H3,(H,12,13). The SMILES string of the molecule is CC1(Nc2ncc(F)cc2F)CC1. The summed E-state index contributed by atoms with van der Waals surface area (Å²) in [5, 5.41) is 2.93. The predicted molar refractivity (Wildman–Crippen MR) is 45.4 cm³/mol. The van der Waals surface area contributed by atoms with Crippen LogP contribution < -0.4 is 5.32 Å². The van der Waals surface area contributed by atoms with Gasteiger partial charge in [0, 0.05) is 11.6 Å². The Morgan fingerprint density at radius 3 is 2.69 bits per heavy atom. The van der Waals surface area contributed by atoms with E-state index in [4.69, 9.17) is 0 Å². The van der Waals surface area contributed by atoms with Crippen LogP contribution in [0.1, 0.15) is 19.8 Å². The summed E-state index contributed by atoms with van der Waals surface area (Å²) < 4.78 is 25.5. The van der Waals surface area contributed by atoms with E-state index < -0.39 is 11.6 Å². The molecule has 0 unspecified atom stereocenters. The normalized spacial score (nSPS) is 18.4. The fraction of sp³-hybridized carbons (Fsp3) is 0.444. The van der Waals surface area contributed by atoms with Crippen molar-refractivity contribution in [1.82, 2.24) is 4.98 Å². The molecule has 0 aromatic carbocycles. The molecule has 1 saturated carbocycles. The molecule has 0 bridgehead atoms. The molecule has 1 aromatic rings. The summed E-state index contributed by atoms with van der Waals surface area (Å²) >= 11 is 0. The van der Waals surface area contributed by atoms with Crippen molar-refractivity contribution in [3.63, 3.8) is 0 Å². The number of anilines is 1. The van der Waals surface area contributed by atoms with Gasteiger partial charge in [-0.2, -0.15) is 0 Å². The van der Waals surface area contributed by atoms with Gasteiger partial charge in [-0.25, -0.2) is 13.8 Å². The Balaban J connectivity index is 2.20. The van der Waals surface area contributed by atoms with Crippen molar-refractivity contribution in [2.75, 3.05) is 5.32 Å². The molecule has 0 spiro atoms. The van der Waals surface area contributed by atoms with Crippen LogP contribution in [-0.2, 0) is 0 Å². The first-order chi connectivity index (χ1) is 6.09. The Labute approximate surface area is 75.0 Å². The molecule has 0 atom stereocenters. The molecule has 0 radical (unpaired) electrons. The Kier molecular flexibility index (Phi) is 1.71. The second-order valence-corrected chi connectivity index (χ2v) is 3.67. The molecule has 13 heavy (non-hydrogen) atoms. The van der Waals surface area contributed by atoms with Gasteiger partial charge in [0.05, 0.1) is 6.20 Å². The van der Waals surface area contributed by atoms with Crippen molar-refractivity contribution >= 4 is 5.82 Å². The number of pyridine rings is 1. The second kappa shape index (κ2) is 2.65. The fourth-order valence-corrected chi connectivity index (χ4v) is 1.10. The lowest BCUT2D eigenvalue weighted by atomic mass is 10.3. The van der Waals surface area contributed by atoms with Gasteiger partial charge in [-0.1, -0.05) is 0 Å². The molecule has 1 fully saturated rings. The van der Waals surface area contributed by atoms with E-state index in [0.29, 0.717) is 0 Å². The molecular weight excluding hydrogens is 174 g/mol. The van der Waals surface area contributed by atoms with E-state index >= 15 is 0 Å². The quantitative estimate of drug-likeness (QED) is 0.763. The van der Waals surface area contributed by atoms with E-state index in [2.05, 4.69) is 10.3 Å². The van der Waals surface area contributed by atoms with Crippen LogP contribution in [0.2, 0.25) is 0 Å². The third-order valence-electron chi connectivity index (χ3n) is 2.23. The Morgan fingerprint density at radius 1 is 1.46 bits per heavy atom. The maximum absolute atomic E-state index is 13.0. The van der Waals surface area contributed by atoms with Crippen molar-refractivity contribution in [1.29, 1.82) is 0 Å². The molecular formula is C9H10F2N2. The zero-order valence-corrected chi connectivity index (χ0v) is 7.27. The summed E-state index contributed by atoms with van der Waals surface area (Å²) in [6.07, 6.45) is 3.02. The van der Waals surface area contributed by atoms with Gasteiger partial charge in [0.1, 0.15) is 5.82 Å². The molecule has 70 valence electrons. The average molecular weight is 184 g/mol. The number of hydrogen-bond donors (Lipinski definition) is 1. The number of aromatic nitrogens is 1. The zero-order valence-electron chi connectivity index (χ0n) is 7.27. The topological polar surface area (TPSA) is 24.9 Å². The van der Waals surface area contributed by atoms with Gasteiger partial charge in [-0.05, 0) is 19.8 Å². The van der Waals surface area contributed by atoms with Crippen LogP contribution in [-0.4, -0.2) is 10.5 Å². The largest absolute Gasteiger partial charge is 0.362 e. The van der Waals surface area contributed by atoms with Crippen molar-refractivity contribution in [2.24, 2.45) is 0 Å². The van der Waals surface area contributed by atoms with Gasteiger partial charge in [0.25, 0.3) is 0 Å². The predicted octanol–water partition coefficient (Wildman–Crippen LogP) is 2.32. The summed E-state index contributed by atoms with van der Waals surface area (Å²) in [7, 11) is 0. The summed E-state index contributed by atoms with van der Waals surface area (Å²) in [6.45, 7) is 1.98. The summed E-state index contributed by atoms with van der Waals surface area (Å²) in [5.74, 6) is -1.14. The van der Waals surface area contributed by atoms with Crippen LogP contribution in [0.4, 0.5) is 14.6 Å². The van der Waals surface area contributed by atoms with E-state index in [1.165, 1.54) is 0 Å². The number of nitrogens with one attached hydrogen (secondary N) is 1. The third kappa shape index (κ3) is 1.76. The van der Waals surface area contributed by atoms with Crippen LogP contribution in [0, 0.1) is 11.6 Å². The fourth-order valence-electron chi connectivity index (χ4n) is 1.10. The van der Waals surface area contributed by atoms with Crippen LogP contribution >= 0.6 is 0 Å². The number of nitrogens with zero attached hydrogens (tertiary/aromatic N) is 1. The smallest absolute Gasteiger partial charge is 0.168 e. The van der Waals surface area contributed by atoms with Crippen LogP contribution in [0.3, 0.4) is 0 Å². The first kappa shape index (κ1) is 8.41. The van der Waals surface area contributed by atoms with E-state index in [9.17, 15) is 8.78 Å². The van der Waals surface area contributed by atoms with Gasteiger partial charge in [-0.15, -0.1) is 0 Å². The highest BCUT2D eigenvalue weighted by Gasteiger charge is 2.38. The summed E-state index contributed by atoms with van der Waals surface area (Å²) in [4.78, 5) is 3.64. The Morgan fingerprint density at radius 2 is 2.15 bits per heavy atom. The van der Waals surface area contributed by atoms with Gasteiger partial charge >= 0.3 is 0 Å². The molecule has 1 aliphatic rings. The van der Waals surface area contributed by atoms with E-state index in [1.54, 1.807) is 0 Å². The minimum absolute atomic E-state index is 0.0360. The Hall–Kier alpha value is -1.19. The summed E-state index contributed by atoms with van der Waals surface area (Å²) in [5.41, 5.74) is -0.0360. The molecule has 0 saturated heterocycles.